The number of phosphoric ester groups is 1. The molecule has 0 aliphatic carbocycles. The number of nitrogens with zero attached hydrogens (tertiary/aromatic N) is 1. The summed E-state index contributed by atoms with van der Waals surface area (Å²) in [5.74, 6) is -0.179. The quantitative estimate of drug-likeness (QED) is 0.0293. The van der Waals surface area contributed by atoms with E-state index in [0.29, 0.717) is 23.9 Å². The number of likely N-dealkylation sites (N-methyl/N-ethyl adjacent to an activating group) is 1. The number of unbranched alkanes of at least 4 members (excludes halogenated alkanes) is 16. The minimum atomic E-state index is -4.56. The van der Waals surface area contributed by atoms with Crippen molar-refractivity contribution in [2.24, 2.45) is 0 Å². The van der Waals surface area contributed by atoms with Crippen molar-refractivity contribution in [3.63, 3.8) is 0 Å². The lowest BCUT2D eigenvalue weighted by molar-refractivity contribution is -0.870. The van der Waals surface area contributed by atoms with Crippen LogP contribution in [0.1, 0.15) is 162 Å². The molecule has 0 radical (unpaired) electrons. The smallest absolute Gasteiger partial charge is 0.268 e. The molecule has 0 saturated carbocycles. The number of rotatable bonds is 35. The number of allylic oxidation sites excluding steroid dienone is 6. The second kappa shape index (κ2) is 32.6. The molecule has 3 atom stereocenters. The molecule has 0 aromatic heterocycles. The number of aliphatic hydroxyl groups is 1. The molecular weight excluding hydrogens is 635 g/mol. The largest absolute Gasteiger partial charge is 0.756 e. The summed E-state index contributed by atoms with van der Waals surface area (Å²) in [6.07, 6.45) is 37.1. The molecule has 0 heterocycles. The van der Waals surface area contributed by atoms with Gasteiger partial charge in [0.25, 0.3) is 7.82 Å². The lowest BCUT2D eigenvalue weighted by Crippen LogP contribution is -2.46. The Morgan fingerprint density at radius 3 is 1.82 bits per heavy atom. The second-order valence-electron chi connectivity index (χ2n) is 14.6. The first-order valence-corrected chi connectivity index (χ1v) is 21.3. The van der Waals surface area contributed by atoms with E-state index in [1.54, 1.807) is 0 Å². The van der Waals surface area contributed by atoms with Crippen LogP contribution in [-0.4, -0.2) is 68.5 Å². The molecule has 0 aromatic carbocycles. The van der Waals surface area contributed by atoms with Crippen molar-refractivity contribution in [1.29, 1.82) is 0 Å². The fourth-order valence-corrected chi connectivity index (χ4v) is 6.19. The van der Waals surface area contributed by atoms with Gasteiger partial charge in [0.15, 0.2) is 0 Å². The van der Waals surface area contributed by atoms with E-state index in [2.05, 4.69) is 55.6 Å². The molecule has 0 rings (SSSR count). The molecule has 288 valence electrons. The first-order chi connectivity index (χ1) is 23.5. The molecule has 0 aliphatic heterocycles. The Hall–Kier alpha value is -1.28. The number of phosphoric acid groups is 1. The zero-order chi connectivity index (χ0) is 36.5. The van der Waals surface area contributed by atoms with Crippen molar-refractivity contribution in [2.75, 3.05) is 40.9 Å². The highest BCUT2D eigenvalue weighted by molar-refractivity contribution is 7.45. The van der Waals surface area contributed by atoms with E-state index in [9.17, 15) is 19.4 Å². The molecule has 3 unspecified atom stereocenters. The van der Waals surface area contributed by atoms with Crippen molar-refractivity contribution in [2.45, 2.75) is 174 Å². The number of aliphatic hydroxyl groups excluding tert-OH is 1. The number of hydrogen-bond acceptors (Lipinski definition) is 6. The number of quaternary nitrogens is 1. The molecule has 0 bridgehead atoms. The third-order valence-corrected chi connectivity index (χ3v) is 9.61. The van der Waals surface area contributed by atoms with Gasteiger partial charge >= 0.3 is 0 Å². The molecule has 0 saturated heterocycles. The zero-order valence-electron chi connectivity index (χ0n) is 32.4. The first-order valence-electron chi connectivity index (χ1n) is 19.8. The summed E-state index contributed by atoms with van der Waals surface area (Å²) < 4.78 is 23.1. The normalized spacial score (nSPS) is 15.0. The summed E-state index contributed by atoms with van der Waals surface area (Å²) in [4.78, 5) is 25.2. The van der Waals surface area contributed by atoms with Gasteiger partial charge in [-0.1, -0.05) is 147 Å². The summed E-state index contributed by atoms with van der Waals surface area (Å²) in [5, 5.41) is 13.8. The van der Waals surface area contributed by atoms with Crippen LogP contribution in [0.3, 0.4) is 0 Å². The standard InChI is InChI=1S/C40H77N2O6P/c1-6-8-10-12-14-16-18-19-20-21-22-23-24-26-28-30-32-34-40(44)41-38(37-48-49(45,46)47-36-35-42(3,4)5)39(43)33-31-29-27-25-17-15-13-11-9-7-2/h8,10,14,16,19-20,38-39,43H,6-7,9,11-13,15,17-18,21-37H2,1-5H3,(H-,41,44,45,46)/b10-8-,16-14-,20-19-. The summed E-state index contributed by atoms with van der Waals surface area (Å²) in [7, 11) is 1.29. The Labute approximate surface area is 302 Å². The van der Waals surface area contributed by atoms with Crippen LogP contribution in [-0.2, 0) is 18.4 Å². The van der Waals surface area contributed by atoms with Gasteiger partial charge < -0.3 is 28.8 Å². The van der Waals surface area contributed by atoms with Gasteiger partial charge in [-0.3, -0.25) is 9.36 Å². The average molecular weight is 713 g/mol. The van der Waals surface area contributed by atoms with E-state index in [1.807, 2.05) is 21.1 Å². The Morgan fingerprint density at radius 1 is 0.735 bits per heavy atom. The Kier molecular flexibility index (Phi) is 31.8. The van der Waals surface area contributed by atoms with E-state index in [-0.39, 0.29) is 19.1 Å². The topological polar surface area (TPSA) is 108 Å². The highest BCUT2D eigenvalue weighted by Gasteiger charge is 2.24. The average Bonchev–Trinajstić information content (AvgIpc) is 3.04. The van der Waals surface area contributed by atoms with Crippen LogP contribution in [0.2, 0.25) is 0 Å². The van der Waals surface area contributed by atoms with Gasteiger partial charge in [-0.25, -0.2) is 0 Å². The molecule has 49 heavy (non-hydrogen) atoms. The van der Waals surface area contributed by atoms with Crippen molar-refractivity contribution in [3.8, 4) is 0 Å². The third kappa shape index (κ3) is 34.9. The van der Waals surface area contributed by atoms with E-state index >= 15 is 0 Å². The van der Waals surface area contributed by atoms with E-state index in [1.165, 1.54) is 70.6 Å². The van der Waals surface area contributed by atoms with Gasteiger partial charge in [-0.05, 0) is 44.9 Å². The predicted molar refractivity (Wildman–Crippen MR) is 205 cm³/mol. The maximum Gasteiger partial charge on any atom is 0.268 e. The van der Waals surface area contributed by atoms with E-state index in [4.69, 9.17) is 9.05 Å². The van der Waals surface area contributed by atoms with Crippen molar-refractivity contribution in [3.05, 3.63) is 36.5 Å². The van der Waals surface area contributed by atoms with Gasteiger partial charge in [0.1, 0.15) is 13.2 Å². The van der Waals surface area contributed by atoms with Crippen LogP contribution >= 0.6 is 7.82 Å². The van der Waals surface area contributed by atoms with Crippen LogP contribution in [0.25, 0.3) is 0 Å². The first kappa shape index (κ1) is 47.7. The Morgan fingerprint density at radius 2 is 1.24 bits per heavy atom. The predicted octanol–water partition coefficient (Wildman–Crippen LogP) is 9.72. The molecule has 0 fully saturated rings. The summed E-state index contributed by atoms with van der Waals surface area (Å²) >= 11 is 0. The Balaban J connectivity index is 4.41. The van der Waals surface area contributed by atoms with Gasteiger partial charge in [0.2, 0.25) is 5.91 Å². The lowest BCUT2D eigenvalue weighted by atomic mass is 10.0. The van der Waals surface area contributed by atoms with E-state index < -0.39 is 20.0 Å². The molecule has 0 spiro atoms. The summed E-state index contributed by atoms with van der Waals surface area (Å²) in [5.41, 5.74) is 0. The fourth-order valence-electron chi connectivity index (χ4n) is 5.46. The molecular formula is C40H77N2O6P. The number of hydrogen-bond donors (Lipinski definition) is 2. The molecule has 2 N–H and O–H groups in total. The molecule has 0 aliphatic rings. The van der Waals surface area contributed by atoms with Crippen molar-refractivity contribution < 1.29 is 32.9 Å². The van der Waals surface area contributed by atoms with Gasteiger partial charge in [-0.2, -0.15) is 0 Å². The van der Waals surface area contributed by atoms with Crippen LogP contribution in [0, 0.1) is 0 Å². The highest BCUT2D eigenvalue weighted by Crippen LogP contribution is 2.38. The number of amides is 1. The highest BCUT2D eigenvalue weighted by atomic mass is 31.2. The monoisotopic (exact) mass is 713 g/mol. The van der Waals surface area contributed by atoms with Gasteiger partial charge in [0, 0.05) is 6.42 Å². The number of nitrogens with one attached hydrogen (secondary N) is 1. The van der Waals surface area contributed by atoms with Crippen LogP contribution in [0.4, 0.5) is 0 Å². The molecule has 1 amide bonds. The van der Waals surface area contributed by atoms with Crippen LogP contribution in [0.15, 0.2) is 36.5 Å². The fraction of sp³-hybridized carbons (Fsp3) is 0.825. The van der Waals surface area contributed by atoms with E-state index in [0.717, 1.165) is 64.2 Å². The maximum absolute atomic E-state index is 12.8. The third-order valence-electron chi connectivity index (χ3n) is 8.64. The van der Waals surface area contributed by atoms with Crippen LogP contribution in [0.5, 0.6) is 0 Å². The van der Waals surface area contributed by atoms with Crippen LogP contribution < -0.4 is 10.2 Å². The minimum Gasteiger partial charge on any atom is -0.756 e. The zero-order valence-corrected chi connectivity index (χ0v) is 33.3. The molecule has 9 heteroatoms. The van der Waals surface area contributed by atoms with Gasteiger partial charge in [-0.15, -0.1) is 0 Å². The van der Waals surface area contributed by atoms with Gasteiger partial charge in [0.05, 0.1) is 39.9 Å². The van der Waals surface area contributed by atoms with Crippen molar-refractivity contribution in [1.82, 2.24) is 5.32 Å². The lowest BCUT2D eigenvalue weighted by Gasteiger charge is -2.30. The summed E-state index contributed by atoms with van der Waals surface area (Å²) in [6.45, 7) is 4.56. The SMILES string of the molecule is CC/C=C\C/C=C\C/C=C\CCCCCCCCCC(=O)NC(COP(=O)([O-])OCC[N+](C)(C)C)C(O)CCCCCCCCCCCC. The molecule has 0 aromatic rings. The number of carbonyl (C=O) groups excluding carboxylic acids is 1. The molecule has 8 nitrogen and oxygen atoms in total. The maximum atomic E-state index is 12.8. The Bertz CT molecular complexity index is 902. The summed E-state index contributed by atoms with van der Waals surface area (Å²) in [6, 6.07) is -0.802. The number of carbonyl (C=O) groups is 1. The minimum absolute atomic E-state index is 0.00888. The van der Waals surface area contributed by atoms with Crippen molar-refractivity contribution >= 4 is 13.7 Å². The second-order valence-corrected chi connectivity index (χ2v) is 16.0.